The van der Waals surface area contributed by atoms with Gasteiger partial charge >= 0.3 is 0 Å². The molecule has 0 aromatic rings. The first kappa shape index (κ1) is 19.0. The molecule has 6 nitrogen and oxygen atoms in total. The van der Waals surface area contributed by atoms with Crippen molar-refractivity contribution < 1.29 is 33.9 Å². The summed E-state index contributed by atoms with van der Waals surface area (Å²) in [5.74, 6) is 1.13. The minimum absolute atomic E-state index is 0.141. The zero-order chi connectivity index (χ0) is 14.5. The van der Waals surface area contributed by atoms with E-state index in [2.05, 4.69) is 58.8 Å². The highest BCUT2D eigenvalue weighted by molar-refractivity contribution is 5.74. The van der Waals surface area contributed by atoms with Crippen LogP contribution < -0.4 is 28.9 Å². The van der Waals surface area contributed by atoms with Gasteiger partial charge in [0.25, 0.3) is 0 Å². The molecule has 0 spiro atoms. The molecule has 0 atom stereocenters. The van der Waals surface area contributed by atoms with E-state index in [1.54, 1.807) is 0 Å². The summed E-state index contributed by atoms with van der Waals surface area (Å²) in [5.41, 5.74) is 0.282. The Hall–Kier alpha value is -0.400. The largest absolute Gasteiger partial charge is 0.274 e. The maximum absolute atomic E-state index is 8.49. The third-order valence-corrected chi connectivity index (χ3v) is 1.12. The molecule has 2 N–H and O–H groups in total. The molecule has 0 aromatic carbocycles. The molecule has 0 bridgehead atoms. The van der Waals surface area contributed by atoms with Crippen molar-refractivity contribution in [2.75, 3.05) is 0 Å². The van der Waals surface area contributed by atoms with E-state index in [0.717, 1.165) is 5.84 Å². The molecule has 0 radical (unpaired) electrons. The number of halogens is 1. The molecule has 0 saturated carbocycles. The van der Waals surface area contributed by atoms with E-state index in [0.29, 0.717) is 0 Å². The van der Waals surface area contributed by atoms with Crippen molar-refractivity contribution in [1.82, 2.24) is 5.32 Å². The topological polar surface area (TPSA) is 118 Å². The van der Waals surface area contributed by atoms with Crippen LogP contribution in [-0.2, 0) is 0 Å². The van der Waals surface area contributed by atoms with E-state index >= 15 is 0 Å². The Balaban J connectivity index is 0. The van der Waals surface area contributed by atoms with Crippen LogP contribution in [-0.4, -0.2) is 16.9 Å². The Bertz CT molecular complexity index is 243. The van der Waals surface area contributed by atoms with Gasteiger partial charge in [-0.3, -0.25) is 10.3 Å². The molecule has 0 rings (SSSR count). The average molecular weight is 271 g/mol. The molecule has 0 fully saturated rings. The molecule has 0 heterocycles. The van der Waals surface area contributed by atoms with Crippen molar-refractivity contribution in [2.24, 2.45) is 0 Å². The second kappa shape index (κ2) is 6.51. The second-order valence-electron chi connectivity index (χ2n) is 5.75. The SMILES string of the molecule is CC(NC(C)(C)C)=[NH+]C(C)(C)C.[O-][Cl+3]([O-])([O-])[O-]. The lowest BCUT2D eigenvalue weighted by Gasteiger charge is -2.17. The van der Waals surface area contributed by atoms with E-state index in [1.807, 2.05) is 0 Å². The summed E-state index contributed by atoms with van der Waals surface area (Å²) in [7, 11) is -4.94. The fourth-order valence-corrected chi connectivity index (χ4v) is 1.16. The van der Waals surface area contributed by atoms with Crippen LogP contribution in [0, 0.1) is 10.2 Å². The molecule has 0 aromatic heterocycles. The maximum atomic E-state index is 8.49. The van der Waals surface area contributed by atoms with Crippen LogP contribution in [0.2, 0.25) is 0 Å². The first-order chi connectivity index (χ1) is 7.10. The normalized spacial score (nSPS) is 13.9. The molecule has 7 heteroatoms. The number of nitrogens with one attached hydrogen (secondary N) is 2. The Kier molecular flexibility index (Phi) is 7.26. The van der Waals surface area contributed by atoms with Crippen LogP contribution in [0.5, 0.6) is 0 Å². The number of amidine groups is 1. The minimum atomic E-state index is -4.94. The van der Waals surface area contributed by atoms with Crippen LogP contribution in [0.3, 0.4) is 0 Å². The van der Waals surface area contributed by atoms with Crippen LogP contribution in [0.25, 0.3) is 0 Å². The summed E-state index contributed by atoms with van der Waals surface area (Å²) < 4.78 is 34.0. The second-order valence-corrected chi connectivity index (χ2v) is 6.51. The Labute approximate surface area is 105 Å². The fourth-order valence-electron chi connectivity index (χ4n) is 1.16. The average Bonchev–Trinajstić information content (AvgIpc) is 1.69. The lowest BCUT2D eigenvalue weighted by atomic mass is 10.1. The molecule has 0 aliphatic heterocycles. The molecule has 0 aliphatic rings. The van der Waals surface area contributed by atoms with Gasteiger partial charge < -0.3 is 0 Å². The quantitative estimate of drug-likeness (QED) is 0.343. The molecule has 0 amide bonds. The minimum Gasteiger partial charge on any atom is -0.274 e. The van der Waals surface area contributed by atoms with Crippen LogP contribution in [0.1, 0.15) is 48.5 Å². The van der Waals surface area contributed by atoms with Gasteiger partial charge in [0.05, 0.1) is 11.1 Å². The van der Waals surface area contributed by atoms with Crippen LogP contribution in [0.4, 0.5) is 0 Å². The van der Waals surface area contributed by atoms with Gasteiger partial charge in [0.15, 0.2) is 0 Å². The molecule has 17 heavy (non-hydrogen) atoms. The van der Waals surface area contributed by atoms with Gasteiger partial charge in [0.1, 0.15) is 0 Å². The van der Waals surface area contributed by atoms with E-state index in [-0.39, 0.29) is 11.1 Å². The van der Waals surface area contributed by atoms with Gasteiger partial charge in [0, 0.05) is 6.92 Å². The predicted octanol–water partition coefficient (Wildman–Crippen LogP) is -4.08. The van der Waals surface area contributed by atoms with Gasteiger partial charge in [0.2, 0.25) is 5.84 Å². The van der Waals surface area contributed by atoms with E-state index in [4.69, 9.17) is 18.6 Å². The number of rotatable bonds is 0. The van der Waals surface area contributed by atoms with E-state index in [1.165, 1.54) is 0 Å². The maximum Gasteiger partial charge on any atom is 0.240 e. The first-order valence-corrected chi connectivity index (χ1v) is 6.35. The van der Waals surface area contributed by atoms with Crippen molar-refractivity contribution >= 4 is 5.84 Å². The van der Waals surface area contributed by atoms with Crippen molar-refractivity contribution in [2.45, 2.75) is 59.5 Å². The highest BCUT2D eigenvalue weighted by Crippen LogP contribution is 1.96. The van der Waals surface area contributed by atoms with Gasteiger partial charge in [-0.2, -0.15) is 0 Å². The summed E-state index contributed by atoms with van der Waals surface area (Å²) >= 11 is 0. The summed E-state index contributed by atoms with van der Waals surface area (Å²) in [6.07, 6.45) is 0. The van der Waals surface area contributed by atoms with Crippen molar-refractivity contribution in [3.05, 3.63) is 0 Å². The van der Waals surface area contributed by atoms with Crippen molar-refractivity contribution in [3.63, 3.8) is 0 Å². The van der Waals surface area contributed by atoms with E-state index in [9.17, 15) is 0 Å². The third kappa shape index (κ3) is 31.3. The summed E-state index contributed by atoms with van der Waals surface area (Å²) in [6, 6.07) is 0. The molecule has 0 saturated heterocycles. The van der Waals surface area contributed by atoms with Crippen LogP contribution >= 0.6 is 0 Å². The Morgan fingerprint density at radius 3 is 1.41 bits per heavy atom. The smallest absolute Gasteiger partial charge is 0.240 e. The molecule has 104 valence electrons. The Morgan fingerprint density at radius 2 is 1.24 bits per heavy atom. The standard InChI is InChI=1S/C10H22N2.ClHO4/c1-8(11-9(2,3)4)12-10(5,6)7;2-1(3,4)5/h1-7H3,(H,11,12);(H,2,3,4,5). The zero-order valence-electron chi connectivity index (χ0n) is 11.5. The van der Waals surface area contributed by atoms with Crippen molar-refractivity contribution in [1.29, 1.82) is 0 Å². The number of hydrogen-bond acceptors (Lipinski definition) is 4. The number of hydrogen-bond donors (Lipinski definition) is 2. The predicted molar refractivity (Wildman–Crippen MR) is 54.3 cm³/mol. The van der Waals surface area contributed by atoms with E-state index < -0.39 is 10.2 Å². The summed E-state index contributed by atoms with van der Waals surface area (Å²) in [4.78, 5) is 3.38. The lowest BCUT2D eigenvalue weighted by Crippen LogP contribution is -2.86. The Morgan fingerprint density at radius 1 is 0.941 bits per heavy atom. The van der Waals surface area contributed by atoms with Gasteiger partial charge in [-0.15, -0.1) is 10.2 Å². The van der Waals surface area contributed by atoms with Crippen LogP contribution in [0.15, 0.2) is 0 Å². The van der Waals surface area contributed by atoms with Crippen molar-refractivity contribution in [3.8, 4) is 0 Å². The molecule has 0 unspecified atom stereocenters. The van der Waals surface area contributed by atoms with Gasteiger partial charge in [-0.25, -0.2) is 18.6 Å². The molecular formula is C10H23ClN2O4. The fraction of sp³-hybridized carbons (Fsp3) is 0.900. The summed E-state index contributed by atoms with van der Waals surface area (Å²) in [5, 5.41) is 3.38. The zero-order valence-corrected chi connectivity index (χ0v) is 12.3. The molecular weight excluding hydrogens is 248 g/mol. The molecule has 0 aliphatic carbocycles. The highest BCUT2D eigenvalue weighted by Gasteiger charge is 2.18. The third-order valence-electron chi connectivity index (χ3n) is 1.12. The van der Waals surface area contributed by atoms with Gasteiger partial charge in [-0.05, 0) is 41.5 Å². The van der Waals surface area contributed by atoms with Gasteiger partial charge in [-0.1, -0.05) is 0 Å². The monoisotopic (exact) mass is 270 g/mol. The summed E-state index contributed by atoms with van der Waals surface area (Å²) in [6.45, 7) is 15.0. The first-order valence-electron chi connectivity index (χ1n) is 5.12. The lowest BCUT2D eigenvalue weighted by molar-refractivity contribution is -2.00. The highest BCUT2D eigenvalue weighted by atomic mass is 35.7.